The maximum atomic E-state index is 13.7. The number of piperidine rings is 1. The summed E-state index contributed by atoms with van der Waals surface area (Å²) in [6.07, 6.45) is 4.61. The molecule has 4 aromatic rings. The van der Waals surface area contributed by atoms with E-state index in [1.165, 1.54) is 17.7 Å². The van der Waals surface area contributed by atoms with Crippen LogP contribution in [0.5, 0.6) is 11.8 Å². The van der Waals surface area contributed by atoms with Crippen LogP contribution in [0.15, 0.2) is 61.1 Å². The first kappa shape index (κ1) is 27.3. The van der Waals surface area contributed by atoms with E-state index >= 15 is 0 Å². The van der Waals surface area contributed by atoms with E-state index in [4.69, 9.17) is 19.4 Å². The number of hydrogen-bond donors (Lipinski definition) is 0. The van der Waals surface area contributed by atoms with Gasteiger partial charge in [0.25, 0.3) is 0 Å². The lowest BCUT2D eigenvalue weighted by Gasteiger charge is -2.34. The smallest absolute Gasteiger partial charge is 0.410 e. The first-order valence-corrected chi connectivity index (χ1v) is 13.5. The van der Waals surface area contributed by atoms with Crippen molar-refractivity contribution < 1.29 is 18.7 Å². The Balaban J connectivity index is 1.47. The summed E-state index contributed by atoms with van der Waals surface area (Å²) in [6, 6.07) is 14.2. The summed E-state index contributed by atoms with van der Waals surface area (Å²) in [7, 11) is 0. The molecule has 9 heteroatoms. The van der Waals surface area contributed by atoms with Crippen molar-refractivity contribution in [2.75, 3.05) is 13.1 Å². The molecule has 0 N–H and O–H groups in total. The molecule has 2 aromatic heterocycles. The molecule has 0 radical (unpaired) electrons. The van der Waals surface area contributed by atoms with Crippen molar-refractivity contribution in [3.8, 4) is 34.4 Å². The Morgan fingerprint density at radius 2 is 1.70 bits per heavy atom. The molecule has 5 rings (SSSR count). The van der Waals surface area contributed by atoms with E-state index in [0.29, 0.717) is 30.2 Å². The Morgan fingerprint density at radius 1 is 0.975 bits per heavy atom. The zero-order valence-electron chi connectivity index (χ0n) is 23.5. The van der Waals surface area contributed by atoms with Gasteiger partial charge in [-0.3, -0.25) is 0 Å². The number of nitrogens with zero attached hydrogens (tertiary/aromatic N) is 5. The molecule has 1 saturated heterocycles. The average molecular weight is 544 g/mol. The highest BCUT2D eigenvalue weighted by molar-refractivity contribution is 5.77. The van der Waals surface area contributed by atoms with Gasteiger partial charge in [-0.15, -0.1) is 0 Å². The number of rotatable bonds is 5. The van der Waals surface area contributed by atoms with E-state index in [1.807, 2.05) is 58.9 Å². The molecule has 0 atom stereocenters. The van der Waals surface area contributed by atoms with Crippen molar-refractivity contribution in [2.45, 2.75) is 59.1 Å². The summed E-state index contributed by atoms with van der Waals surface area (Å²) in [4.78, 5) is 28.2. The summed E-state index contributed by atoms with van der Waals surface area (Å²) in [6.45, 7) is 10.8. The third-order valence-electron chi connectivity index (χ3n) is 6.98. The summed E-state index contributed by atoms with van der Waals surface area (Å²) >= 11 is 0. The second kappa shape index (κ2) is 11.1. The monoisotopic (exact) mass is 543 g/mol. The van der Waals surface area contributed by atoms with Gasteiger partial charge >= 0.3 is 12.1 Å². The van der Waals surface area contributed by atoms with Crippen LogP contribution in [-0.2, 0) is 4.74 Å². The SMILES string of the molecule is Cc1ccc(Oc2nccc(-c3c(-c4ccc(F)cc4)ncn3C3CCN(C(=O)OC(C)(C)C)CC3)n2)cc1C. The normalized spacial score (nSPS) is 14.3. The van der Waals surface area contributed by atoms with Gasteiger partial charge in [0.2, 0.25) is 0 Å². The highest BCUT2D eigenvalue weighted by atomic mass is 19.1. The van der Waals surface area contributed by atoms with Gasteiger partial charge in [0.15, 0.2) is 0 Å². The number of carbonyl (C=O) groups excluding carboxylic acids is 1. The number of aromatic nitrogens is 4. The Bertz CT molecular complexity index is 1500. The van der Waals surface area contributed by atoms with Gasteiger partial charge < -0.3 is 18.9 Å². The van der Waals surface area contributed by atoms with Crippen LogP contribution in [0.25, 0.3) is 22.6 Å². The molecular weight excluding hydrogens is 509 g/mol. The molecule has 1 aliphatic heterocycles. The lowest BCUT2D eigenvalue weighted by molar-refractivity contribution is 0.0189. The van der Waals surface area contributed by atoms with Crippen LogP contribution in [0, 0.1) is 19.7 Å². The summed E-state index contributed by atoms with van der Waals surface area (Å²) < 4.78 is 27.4. The number of halogens is 1. The van der Waals surface area contributed by atoms with Gasteiger partial charge in [-0.1, -0.05) is 6.07 Å². The van der Waals surface area contributed by atoms with Gasteiger partial charge in [0.05, 0.1) is 23.4 Å². The third-order valence-corrected chi connectivity index (χ3v) is 6.98. The fourth-order valence-corrected chi connectivity index (χ4v) is 4.77. The number of benzene rings is 2. The van der Waals surface area contributed by atoms with E-state index < -0.39 is 5.60 Å². The first-order valence-electron chi connectivity index (χ1n) is 13.5. The molecular formula is C31H34FN5O3. The molecule has 8 nitrogen and oxygen atoms in total. The van der Waals surface area contributed by atoms with E-state index in [0.717, 1.165) is 29.7 Å². The third kappa shape index (κ3) is 6.14. The van der Waals surface area contributed by atoms with E-state index in [1.54, 1.807) is 29.6 Å². The maximum Gasteiger partial charge on any atom is 0.410 e. The number of imidazole rings is 1. The van der Waals surface area contributed by atoms with E-state index in [2.05, 4.69) is 9.55 Å². The largest absolute Gasteiger partial charge is 0.444 e. The van der Waals surface area contributed by atoms with Crippen LogP contribution in [0.3, 0.4) is 0 Å². The van der Waals surface area contributed by atoms with Gasteiger partial charge in [-0.2, -0.15) is 4.98 Å². The molecule has 0 aliphatic carbocycles. The standard InChI is InChI=1S/C31H34FN5O3/c1-20-6-11-25(18-21(20)2)39-29-33-15-12-26(35-29)28-27(22-7-9-23(32)10-8-22)34-19-37(28)24-13-16-36(17-14-24)30(38)40-31(3,4)5/h6-12,15,18-19,24H,13-14,16-17H2,1-5H3. The van der Waals surface area contributed by atoms with E-state index in [-0.39, 0.29) is 24.0 Å². The number of hydrogen-bond acceptors (Lipinski definition) is 6. The highest BCUT2D eigenvalue weighted by Gasteiger charge is 2.30. The van der Waals surface area contributed by atoms with Gasteiger partial charge in [0, 0.05) is 30.9 Å². The molecule has 1 fully saturated rings. The molecule has 2 aromatic carbocycles. The number of carbonyl (C=O) groups is 1. The lowest BCUT2D eigenvalue weighted by Crippen LogP contribution is -2.42. The Morgan fingerprint density at radius 3 is 2.38 bits per heavy atom. The van der Waals surface area contributed by atoms with Crippen LogP contribution >= 0.6 is 0 Å². The van der Waals surface area contributed by atoms with Gasteiger partial charge in [-0.25, -0.2) is 19.2 Å². The van der Waals surface area contributed by atoms with Crippen molar-refractivity contribution in [2.24, 2.45) is 0 Å². The minimum Gasteiger partial charge on any atom is -0.444 e. The Kier molecular flexibility index (Phi) is 7.56. The second-order valence-electron chi connectivity index (χ2n) is 11.1. The van der Waals surface area contributed by atoms with Crippen molar-refractivity contribution in [3.05, 3.63) is 78.0 Å². The number of ether oxygens (including phenoxy) is 2. The predicted molar refractivity (Wildman–Crippen MR) is 151 cm³/mol. The summed E-state index contributed by atoms with van der Waals surface area (Å²) in [5.74, 6) is 0.340. The van der Waals surface area contributed by atoms with E-state index in [9.17, 15) is 9.18 Å². The number of likely N-dealkylation sites (tertiary alicyclic amines) is 1. The zero-order chi connectivity index (χ0) is 28.4. The molecule has 1 amide bonds. The summed E-state index contributed by atoms with van der Waals surface area (Å²) in [5, 5.41) is 0. The fourth-order valence-electron chi connectivity index (χ4n) is 4.77. The number of aryl methyl sites for hydroxylation is 2. The molecule has 208 valence electrons. The van der Waals surface area contributed by atoms with Gasteiger partial charge in [-0.05, 0) is 101 Å². The average Bonchev–Trinajstić information content (AvgIpc) is 3.36. The molecule has 40 heavy (non-hydrogen) atoms. The Hall–Kier alpha value is -4.27. The minimum absolute atomic E-state index is 0.0782. The topological polar surface area (TPSA) is 82.4 Å². The first-order chi connectivity index (χ1) is 19.1. The quantitative estimate of drug-likeness (QED) is 0.266. The maximum absolute atomic E-state index is 13.7. The highest BCUT2D eigenvalue weighted by Crippen LogP contribution is 2.36. The Labute approximate surface area is 233 Å². The molecule has 0 spiro atoms. The van der Waals surface area contributed by atoms with Gasteiger partial charge in [0.1, 0.15) is 17.2 Å². The predicted octanol–water partition coefficient (Wildman–Crippen LogP) is 7.13. The van der Waals surface area contributed by atoms with Crippen LogP contribution in [0.4, 0.5) is 9.18 Å². The van der Waals surface area contributed by atoms with Crippen LogP contribution in [0.1, 0.15) is 50.8 Å². The van der Waals surface area contributed by atoms with Crippen LogP contribution in [-0.4, -0.2) is 49.2 Å². The number of amides is 1. The van der Waals surface area contributed by atoms with Crippen molar-refractivity contribution in [1.82, 2.24) is 24.4 Å². The summed E-state index contributed by atoms with van der Waals surface area (Å²) in [5.41, 5.74) is 4.63. The molecule has 0 bridgehead atoms. The van der Waals surface area contributed by atoms with Crippen molar-refractivity contribution >= 4 is 6.09 Å². The minimum atomic E-state index is -0.542. The molecule has 1 aliphatic rings. The molecule has 3 heterocycles. The van der Waals surface area contributed by atoms with Crippen molar-refractivity contribution in [3.63, 3.8) is 0 Å². The molecule has 0 unspecified atom stereocenters. The van der Waals surface area contributed by atoms with Crippen LogP contribution in [0.2, 0.25) is 0 Å². The lowest BCUT2D eigenvalue weighted by atomic mass is 10.0. The zero-order valence-corrected chi connectivity index (χ0v) is 23.5. The fraction of sp³-hybridized carbons (Fsp3) is 0.355. The molecule has 0 saturated carbocycles. The van der Waals surface area contributed by atoms with Crippen molar-refractivity contribution in [1.29, 1.82) is 0 Å². The van der Waals surface area contributed by atoms with Crippen LogP contribution < -0.4 is 4.74 Å². The second-order valence-corrected chi connectivity index (χ2v) is 11.1.